The van der Waals surface area contributed by atoms with Crippen LogP contribution in [0.3, 0.4) is 0 Å². The van der Waals surface area contributed by atoms with E-state index in [0.717, 1.165) is 37.6 Å². The third-order valence-electron chi connectivity index (χ3n) is 5.36. The van der Waals surface area contributed by atoms with E-state index in [2.05, 4.69) is 30.4 Å². The second kappa shape index (κ2) is 8.02. The zero-order chi connectivity index (χ0) is 21.4. The Kier molecular flexibility index (Phi) is 5.06. The van der Waals surface area contributed by atoms with E-state index >= 15 is 0 Å². The Morgan fingerprint density at radius 3 is 2.68 bits per heavy atom. The molecule has 0 atom stereocenters. The number of tetrazole rings is 1. The van der Waals surface area contributed by atoms with Crippen LogP contribution in [0.2, 0.25) is 0 Å². The lowest BCUT2D eigenvalue weighted by Gasteiger charge is -2.18. The van der Waals surface area contributed by atoms with Gasteiger partial charge in [0.1, 0.15) is 0 Å². The van der Waals surface area contributed by atoms with Crippen LogP contribution in [0.4, 0.5) is 5.95 Å². The number of hydrogen-bond acceptors (Lipinski definition) is 8. The second-order valence-electron chi connectivity index (χ2n) is 7.31. The normalized spacial score (nSPS) is 14.0. The van der Waals surface area contributed by atoms with Crippen LogP contribution in [0.25, 0.3) is 16.9 Å². The highest BCUT2D eigenvalue weighted by Gasteiger charge is 2.23. The van der Waals surface area contributed by atoms with Gasteiger partial charge in [-0.3, -0.25) is 14.3 Å². The molecule has 1 saturated heterocycles. The minimum Gasteiger partial charge on any atom is -0.342 e. The van der Waals surface area contributed by atoms with Crippen molar-refractivity contribution in [1.29, 1.82) is 0 Å². The average molecular weight is 440 g/mol. The Bertz CT molecular complexity index is 1330. The first kappa shape index (κ1) is 19.5. The molecule has 12 heteroatoms. The molecule has 0 unspecified atom stereocenters. The van der Waals surface area contributed by atoms with Gasteiger partial charge in [-0.15, -0.1) is 5.10 Å². The molecule has 1 fully saturated rings. The number of aromatic amines is 1. The van der Waals surface area contributed by atoms with Crippen molar-refractivity contribution in [3.63, 3.8) is 0 Å². The lowest BCUT2D eigenvalue weighted by Crippen LogP contribution is -2.29. The highest BCUT2D eigenvalue weighted by Crippen LogP contribution is 2.25. The minimum absolute atomic E-state index is 0.398. The first-order valence-electron chi connectivity index (χ1n) is 10.0. The third kappa shape index (κ3) is 3.52. The number of para-hydroxylation sites is 1. The number of nitrogens with zero attached hydrogens (tertiary/aromatic N) is 8. The number of hydrogen-bond donors (Lipinski definition) is 1. The lowest BCUT2D eigenvalue weighted by molar-refractivity contribution is 0.742. The molecule has 11 nitrogen and oxygen atoms in total. The molecule has 0 amide bonds. The van der Waals surface area contributed by atoms with Crippen molar-refractivity contribution in [2.24, 2.45) is 7.05 Å². The van der Waals surface area contributed by atoms with Crippen molar-refractivity contribution in [3.05, 3.63) is 51.2 Å². The van der Waals surface area contributed by atoms with Gasteiger partial charge in [0, 0.05) is 32.4 Å². The first-order valence-corrected chi connectivity index (χ1v) is 11.0. The van der Waals surface area contributed by atoms with Crippen molar-refractivity contribution < 1.29 is 0 Å². The van der Waals surface area contributed by atoms with Crippen LogP contribution in [0.5, 0.6) is 0 Å². The van der Waals surface area contributed by atoms with E-state index in [-0.39, 0.29) is 0 Å². The molecule has 5 rings (SSSR count). The lowest BCUT2D eigenvalue weighted by atomic mass is 10.3. The maximum atomic E-state index is 12.6. The summed E-state index contributed by atoms with van der Waals surface area (Å²) in [4.78, 5) is 33.9. The summed E-state index contributed by atoms with van der Waals surface area (Å²) in [7, 11) is 1.62. The molecular formula is C19H21N9O2S. The third-order valence-corrected chi connectivity index (χ3v) is 6.26. The van der Waals surface area contributed by atoms with Gasteiger partial charge in [-0.1, -0.05) is 30.0 Å². The van der Waals surface area contributed by atoms with Gasteiger partial charge >= 0.3 is 5.69 Å². The Morgan fingerprint density at radius 1 is 1.13 bits per heavy atom. The number of aromatic nitrogens is 8. The number of H-pyrrole nitrogens is 1. The number of nitrogens with one attached hydrogen (secondary N) is 1. The predicted octanol–water partition coefficient (Wildman–Crippen LogP) is 0.791. The smallest absolute Gasteiger partial charge is 0.329 e. The molecule has 1 aliphatic heterocycles. The summed E-state index contributed by atoms with van der Waals surface area (Å²) in [6.45, 7) is 2.29. The molecule has 3 aromatic heterocycles. The molecule has 0 radical (unpaired) electrons. The Morgan fingerprint density at radius 2 is 1.90 bits per heavy atom. The summed E-state index contributed by atoms with van der Waals surface area (Å²) in [6.07, 6.45) is 2.16. The summed E-state index contributed by atoms with van der Waals surface area (Å²) in [5, 5.41) is 12.7. The molecule has 31 heavy (non-hydrogen) atoms. The molecule has 1 aliphatic rings. The molecule has 4 heterocycles. The maximum absolute atomic E-state index is 12.6. The van der Waals surface area contributed by atoms with Crippen molar-refractivity contribution in [1.82, 2.24) is 39.3 Å². The van der Waals surface area contributed by atoms with E-state index in [0.29, 0.717) is 28.6 Å². The van der Waals surface area contributed by atoms with E-state index in [1.807, 2.05) is 34.9 Å². The topological polar surface area (TPSA) is 120 Å². The molecule has 4 aromatic rings. The fourth-order valence-corrected chi connectivity index (χ4v) is 4.64. The van der Waals surface area contributed by atoms with Gasteiger partial charge in [0.2, 0.25) is 11.1 Å². The highest BCUT2D eigenvalue weighted by atomic mass is 32.2. The van der Waals surface area contributed by atoms with Gasteiger partial charge in [-0.05, 0) is 35.4 Å². The van der Waals surface area contributed by atoms with Gasteiger partial charge in [0.15, 0.2) is 11.2 Å². The van der Waals surface area contributed by atoms with Crippen LogP contribution in [0.1, 0.15) is 12.8 Å². The van der Waals surface area contributed by atoms with Crippen LogP contribution in [-0.4, -0.2) is 58.2 Å². The van der Waals surface area contributed by atoms with E-state index in [9.17, 15) is 9.59 Å². The average Bonchev–Trinajstić information content (AvgIpc) is 3.52. The van der Waals surface area contributed by atoms with Crippen LogP contribution in [0.15, 0.2) is 45.1 Å². The molecule has 0 aliphatic carbocycles. The monoisotopic (exact) mass is 439 g/mol. The van der Waals surface area contributed by atoms with Crippen molar-refractivity contribution in [2.45, 2.75) is 24.5 Å². The van der Waals surface area contributed by atoms with Gasteiger partial charge in [-0.25, -0.2) is 4.79 Å². The minimum atomic E-state index is -0.466. The van der Waals surface area contributed by atoms with E-state index < -0.39 is 11.2 Å². The quantitative estimate of drug-likeness (QED) is 0.438. The van der Waals surface area contributed by atoms with Crippen LogP contribution in [-0.2, 0) is 13.6 Å². The Balaban J connectivity index is 1.46. The molecular weight excluding hydrogens is 418 g/mol. The van der Waals surface area contributed by atoms with Crippen LogP contribution >= 0.6 is 11.8 Å². The van der Waals surface area contributed by atoms with E-state index in [1.165, 1.54) is 16.3 Å². The van der Waals surface area contributed by atoms with E-state index in [4.69, 9.17) is 0 Å². The van der Waals surface area contributed by atoms with Gasteiger partial charge in [0.25, 0.3) is 5.56 Å². The van der Waals surface area contributed by atoms with Crippen molar-refractivity contribution in [2.75, 3.05) is 23.7 Å². The number of imidazole rings is 1. The summed E-state index contributed by atoms with van der Waals surface area (Å²) in [5.41, 5.74) is 0.802. The van der Waals surface area contributed by atoms with Crippen LogP contribution in [0, 0.1) is 0 Å². The fourth-order valence-electron chi connectivity index (χ4n) is 3.82. The number of aryl methyl sites for hydroxylation is 2. The standard InChI is InChI=1S/C19H21N9O2S/c1-25-15-14(16(29)21-18(25)30)27(17(20-15)26-9-5-6-10-26)11-12-31-19-22-23-24-28(19)13-7-3-2-4-8-13/h2-4,7-8H,5-6,9-12H2,1H3,(H,21,29,30). The molecule has 0 saturated carbocycles. The summed E-state index contributed by atoms with van der Waals surface area (Å²) < 4.78 is 4.98. The number of anilines is 1. The van der Waals surface area contributed by atoms with Gasteiger partial charge in [-0.2, -0.15) is 9.67 Å². The number of benzene rings is 1. The number of thioether (sulfide) groups is 1. The van der Waals surface area contributed by atoms with Gasteiger partial charge < -0.3 is 9.47 Å². The highest BCUT2D eigenvalue weighted by molar-refractivity contribution is 7.99. The maximum Gasteiger partial charge on any atom is 0.329 e. The molecule has 0 spiro atoms. The van der Waals surface area contributed by atoms with Crippen molar-refractivity contribution in [3.8, 4) is 5.69 Å². The fraction of sp³-hybridized carbons (Fsp3) is 0.368. The number of rotatable bonds is 6. The largest absolute Gasteiger partial charge is 0.342 e. The number of fused-ring (bicyclic) bond motifs is 1. The molecule has 160 valence electrons. The van der Waals surface area contributed by atoms with E-state index in [1.54, 1.807) is 11.7 Å². The Hall–Kier alpha value is -3.41. The summed E-state index contributed by atoms with van der Waals surface area (Å²) >= 11 is 1.50. The summed E-state index contributed by atoms with van der Waals surface area (Å²) in [5.74, 6) is 1.35. The summed E-state index contributed by atoms with van der Waals surface area (Å²) in [6, 6.07) is 9.68. The molecule has 1 N–H and O–H groups in total. The SMILES string of the molecule is Cn1c(=O)[nH]c(=O)c2c1nc(N1CCCC1)n2CCSc1nnnn1-c1ccccc1. The first-order chi connectivity index (χ1) is 15.1. The zero-order valence-corrected chi connectivity index (χ0v) is 17.7. The zero-order valence-electron chi connectivity index (χ0n) is 16.9. The van der Waals surface area contributed by atoms with Crippen molar-refractivity contribution >= 4 is 28.9 Å². The Labute approximate surface area is 180 Å². The predicted molar refractivity (Wildman–Crippen MR) is 117 cm³/mol. The second-order valence-corrected chi connectivity index (χ2v) is 8.37. The molecule has 0 bridgehead atoms. The van der Waals surface area contributed by atoms with Gasteiger partial charge in [0.05, 0.1) is 5.69 Å². The molecule has 1 aromatic carbocycles. The van der Waals surface area contributed by atoms with Crippen LogP contribution < -0.4 is 16.1 Å².